The molecule has 0 unspecified atom stereocenters. The number of halogens is 4. The van der Waals surface area contributed by atoms with Crippen molar-refractivity contribution in [2.75, 3.05) is 0 Å². The Bertz CT molecular complexity index is 651. The number of esters is 1. The van der Waals surface area contributed by atoms with E-state index in [1.807, 2.05) is 0 Å². The molecule has 0 aliphatic heterocycles. The van der Waals surface area contributed by atoms with E-state index in [-0.39, 0.29) is 17.6 Å². The van der Waals surface area contributed by atoms with Gasteiger partial charge in [0.25, 0.3) is 0 Å². The fourth-order valence-corrected chi connectivity index (χ4v) is 2.68. The summed E-state index contributed by atoms with van der Waals surface area (Å²) in [6.07, 6.45) is -1.09. The first-order chi connectivity index (χ1) is 11.3. The van der Waals surface area contributed by atoms with Gasteiger partial charge in [0, 0.05) is 0 Å². The summed E-state index contributed by atoms with van der Waals surface area (Å²) in [6.45, 7) is 0. The van der Waals surface area contributed by atoms with Crippen molar-refractivity contribution < 1.29 is 27.1 Å². The zero-order chi connectivity index (χ0) is 17.7. The number of nitrogens with zero attached hydrogens (tertiary/aromatic N) is 1. The molecule has 1 saturated carbocycles. The van der Waals surface area contributed by atoms with Crippen molar-refractivity contribution in [1.29, 1.82) is 5.26 Å². The third kappa shape index (κ3) is 4.82. The monoisotopic (exact) mass is 341 g/mol. The minimum Gasteiger partial charge on any atom is -0.426 e. The highest BCUT2D eigenvalue weighted by Crippen LogP contribution is 2.33. The van der Waals surface area contributed by atoms with Crippen molar-refractivity contribution >= 4 is 5.97 Å². The minimum atomic E-state index is -4.44. The summed E-state index contributed by atoms with van der Waals surface area (Å²) in [4.78, 5) is 12.0. The molecular formula is C17H15F4NO2. The van der Waals surface area contributed by atoms with E-state index in [9.17, 15) is 22.4 Å². The second-order valence-electron chi connectivity index (χ2n) is 5.68. The Balaban J connectivity index is 1.89. The summed E-state index contributed by atoms with van der Waals surface area (Å²) in [5, 5.41) is 8.40. The lowest BCUT2D eigenvalue weighted by Crippen LogP contribution is -2.25. The zero-order valence-corrected chi connectivity index (χ0v) is 12.6. The topological polar surface area (TPSA) is 50.1 Å². The van der Waals surface area contributed by atoms with Crippen LogP contribution in [0.3, 0.4) is 0 Å². The van der Waals surface area contributed by atoms with E-state index in [2.05, 4.69) is 0 Å². The summed E-state index contributed by atoms with van der Waals surface area (Å²) in [7, 11) is 0. The van der Waals surface area contributed by atoms with Crippen LogP contribution in [0.25, 0.3) is 0 Å². The first kappa shape index (κ1) is 18.0. The molecule has 0 bridgehead atoms. The van der Waals surface area contributed by atoms with Gasteiger partial charge in [0.15, 0.2) is 5.83 Å². The van der Waals surface area contributed by atoms with Crippen LogP contribution in [0, 0.1) is 23.2 Å². The number of carbonyl (C=O) groups is 1. The molecular weight excluding hydrogens is 326 g/mol. The predicted octanol–water partition coefficient (Wildman–Crippen LogP) is 4.79. The van der Waals surface area contributed by atoms with Gasteiger partial charge in [0.2, 0.25) is 0 Å². The molecule has 1 aliphatic carbocycles. The number of hydrogen-bond acceptors (Lipinski definition) is 3. The van der Waals surface area contributed by atoms with Gasteiger partial charge in [-0.2, -0.15) is 22.8 Å². The van der Waals surface area contributed by atoms with Gasteiger partial charge in [-0.15, -0.1) is 0 Å². The molecule has 1 aromatic rings. The van der Waals surface area contributed by atoms with Gasteiger partial charge in [-0.3, -0.25) is 4.79 Å². The van der Waals surface area contributed by atoms with Gasteiger partial charge in [-0.05, 0) is 61.9 Å². The van der Waals surface area contributed by atoms with Gasteiger partial charge in [-0.25, -0.2) is 0 Å². The lowest BCUT2D eigenvalue weighted by Gasteiger charge is -2.25. The number of nitriles is 1. The first-order valence-corrected chi connectivity index (χ1v) is 7.46. The highest BCUT2D eigenvalue weighted by molar-refractivity contribution is 5.75. The average Bonchev–Trinajstić information content (AvgIpc) is 2.55. The summed E-state index contributed by atoms with van der Waals surface area (Å²) >= 11 is 0. The number of rotatable bonds is 3. The third-order valence-electron chi connectivity index (χ3n) is 3.99. The smallest absolute Gasteiger partial charge is 0.416 e. The van der Waals surface area contributed by atoms with E-state index >= 15 is 0 Å². The lowest BCUT2D eigenvalue weighted by molar-refractivity contribution is -0.140. The quantitative estimate of drug-likeness (QED) is 0.344. The molecule has 0 atom stereocenters. The molecule has 3 nitrogen and oxygen atoms in total. The molecule has 0 N–H and O–H groups in total. The molecule has 0 spiro atoms. The van der Waals surface area contributed by atoms with Crippen molar-refractivity contribution in [2.24, 2.45) is 11.8 Å². The standard InChI is InChI=1S/C17H15F4NO2/c18-14(10-22)9-11-1-3-12(4-2-11)16(23)24-15-7-5-13(6-8-15)17(19,20)21/h5-9,11-12H,1-4H2. The van der Waals surface area contributed by atoms with Crippen molar-refractivity contribution in [3.05, 3.63) is 41.7 Å². The van der Waals surface area contributed by atoms with Gasteiger partial charge in [-0.1, -0.05) is 0 Å². The highest BCUT2D eigenvalue weighted by atomic mass is 19.4. The molecule has 1 aromatic carbocycles. The maximum Gasteiger partial charge on any atom is 0.416 e. The Morgan fingerprint density at radius 1 is 1.17 bits per heavy atom. The molecule has 1 aliphatic rings. The van der Waals surface area contributed by atoms with Crippen LogP contribution < -0.4 is 4.74 Å². The Kier molecular flexibility index (Phi) is 5.60. The Labute approximate surface area is 136 Å². The van der Waals surface area contributed by atoms with E-state index in [0.29, 0.717) is 25.7 Å². The van der Waals surface area contributed by atoms with Crippen molar-refractivity contribution in [1.82, 2.24) is 0 Å². The molecule has 128 valence electrons. The third-order valence-corrected chi connectivity index (χ3v) is 3.99. The van der Waals surface area contributed by atoms with Crippen LogP contribution in [0.5, 0.6) is 5.75 Å². The van der Waals surface area contributed by atoms with Crippen molar-refractivity contribution in [3.8, 4) is 11.8 Å². The molecule has 7 heteroatoms. The molecule has 1 fully saturated rings. The second kappa shape index (κ2) is 7.47. The van der Waals surface area contributed by atoms with Crippen LogP contribution in [0.15, 0.2) is 36.2 Å². The van der Waals surface area contributed by atoms with Crippen LogP contribution in [-0.4, -0.2) is 5.97 Å². The largest absolute Gasteiger partial charge is 0.426 e. The van der Waals surface area contributed by atoms with Gasteiger partial charge >= 0.3 is 12.1 Å². The van der Waals surface area contributed by atoms with Crippen LogP contribution in [0.4, 0.5) is 17.6 Å². The first-order valence-electron chi connectivity index (χ1n) is 7.46. The molecule has 24 heavy (non-hydrogen) atoms. The number of ether oxygens (including phenoxy) is 1. The van der Waals surface area contributed by atoms with Crippen LogP contribution >= 0.6 is 0 Å². The Morgan fingerprint density at radius 3 is 2.25 bits per heavy atom. The predicted molar refractivity (Wildman–Crippen MR) is 77.3 cm³/mol. The van der Waals surface area contributed by atoms with Gasteiger partial charge in [0.05, 0.1) is 11.5 Å². The minimum absolute atomic E-state index is 0.0607. The molecule has 0 saturated heterocycles. The number of allylic oxidation sites excluding steroid dienone is 2. The van der Waals surface area contributed by atoms with Crippen LogP contribution in [-0.2, 0) is 11.0 Å². The van der Waals surface area contributed by atoms with Crippen molar-refractivity contribution in [2.45, 2.75) is 31.9 Å². The van der Waals surface area contributed by atoms with Crippen molar-refractivity contribution in [3.63, 3.8) is 0 Å². The molecule has 0 amide bonds. The fraction of sp³-hybridized carbons (Fsp3) is 0.412. The second-order valence-corrected chi connectivity index (χ2v) is 5.68. The van der Waals surface area contributed by atoms with Crippen LogP contribution in [0.1, 0.15) is 31.2 Å². The van der Waals surface area contributed by atoms with E-state index in [1.54, 1.807) is 0 Å². The molecule has 2 rings (SSSR count). The normalized spacial score (nSPS) is 21.9. The lowest BCUT2D eigenvalue weighted by atomic mass is 9.82. The summed E-state index contributed by atoms with van der Waals surface area (Å²) in [6, 6.07) is 5.35. The maximum absolute atomic E-state index is 12.9. The molecule has 0 aromatic heterocycles. The average molecular weight is 341 g/mol. The van der Waals surface area contributed by atoms with E-state index in [1.165, 1.54) is 12.1 Å². The molecule has 0 radical (unpaired) electrons. The van der Waals surface area contributed by atoms with E-state index in [0.717, 1.165) is 24.3 Å². The number of benzene rings is 1. The summed E-state index contributed by atoms with van der Waals surface area (Å²) in [5.74, 6) is -1.73. The van der Waals surface area contributed by atoms with E-state index < -0.39 is 23.5 Å². The number of carbonyl (C=O) groups excluding carboxylic acids is 1. The number of alkyl halides is 3. The van der Waals surface area contributed by atoms with E-state index in [4.69, 9.17) is 10.00 Å². The van der Waals surface area contributed by atoms with Gasteiger partial charge in [0.1, 0.15) is 11.8 Å². The van der Waals surface area contributed by atoms with Gasteiger partial charge < -0.3 is 4.74 Å². The fourth-order valence-electron chi connectivity index (χ4n) is 2.68. The highest BCUT2D eigenvalue weighted by Gasteiger charge is 2.31. The Morgan fingerprint density at radius 2 is 1.75 bits per heavy atom. The van der Waals surface area contributed by atoms with Crippen LogP contribution in [0.2, 0.25) is 0 Å². The number of hydrogen-bond donors (Lipinski definition) is 0. The summed E-state index contributed by atoms with van der Waals surface area (Å²) < 4.78 is 55.4. The SMILES string of the molecule is N#CC(F)=CC1CCC(C(=O)Oc2ccc(C(F)(F)F)cc2)CC1. The maximum atomic E-state index is 12.9. The summed E-state index contributed by atoms with van der Waals surface area (Å²) in [5.41, 5.74) is -0.811. The Hall–Kier alpha value is -2.36. The zero-order valence-electron chi connectivity index (χ0n) is 12.6. The molecule has 0 heterocycles.